The first kappa shape index (κ1) is 12.1. The molecule has 0 spiro atoms. The molecule has 6 nitrogen and oxygen atoms in total. The minimum absolute atomic E-state index is 0.0744. The average Bonchev–Trinajstić information content (AvgIpc) is 2.72. The molecule has 0 saturated heterocycles. The SMILES string of the molecule is Cc1cc(Cn2cnc3c(c2=O)CCNC3)n(C)n1. The highest BCUT2D eigenvalue weighted by Gasteiger charge is 2.15. The molecule has 1 aliphatic heterocycles. The van der Waals surface area contributed by atoms with Crippen molar-refractivity contribution in [2.24, 2.45) is 7.05 Å². The molecule has 0 atom stereocenters. The number of rotatable bonds is 2. The van der Waals surface area contributed by atoms with Crippen molar-refractivity contribution in [2.45, 2.75) is 26.4 Å². The van der Waals surface area contributed by atoms with E-state index in [4.69, 9.17) is 0 Å². The van der Waals surface area contributed by atoms with E-state index in [9.17, 15) is 4.79 Å². The van der Waals surface area contributed by atoms with Crippen molar-refractivity contribution in [1.82, 2.24) is 24.6 Å². The normalized spacial score (nSPS) is 14.4. The van der Waals surface area contributed by atoms with Crippen molar-refractivity contribution in [3.63, 3.8) is 0 Å². The van der Waals surface area contributed by atoms with E-state index >= 15 is 0 Å². The lowest BCUT2D eigenvalue weighted by Crippen LogP contribution is -2.34. The second-order valence-electron chi connectivity index (χ2n) is 4.93. The van der Waals surface area contributed by atoms with E-state index in [1.807, 2.05) is 24.7 Å². The van der Waals surface area contributed by atoms with Gasteiger partial charge in [-0.1, -0.05) is 0 Å². The molecule has 2 aromatic rings. The van der Waals surface area contributed by atoms with Crippen molar-refractivity contribution in [1.29, 1.82) is 0 Å². The van der Waals surface area contributed by atoms with Crippen LogP contribution in [0.25, 0.3) is 0 Å². The van der Waals surface area contributed by atoms with Crippen molar-refractivity contribution in [3.05, 3.63) is 45.4 Å². The molecule has 6 heteroatoms. The molecule has 1 aliphatic rings. The van der Waals surface area contributed by atoms with Crippen molar-refractivity contribution in [2.75, 3.05) is 6.54 Å². The molecule has 3 rings (SSSR count). The number of hydrogen-bond donors (Lipinski definition) is 1. The van der Waals surface area contributed by atoms with Gasteiger partial charge in [-0.2, -0.15) is 5.10 Å². The van der Waals surface area contributed by atoms with Gasteiger partial charge in [-0.25, -0.2) is 4.98 Å². The molecule has 0 amide bonds. The van der Waals surface area contributed by atoms with Gasteiger partial charge in [0.1, 0.15) is 0 Å². The zero-order chi connectivity index (χ0) is 13.4. The molecular weight excluding hydrogens is 242 g/mol. The van der Waals surface area contributed by atoms with E-state index in [1.54, 1.807) is 10.9 Å². The third kappa shape index (κ3) is 2.19. The molecular formula is C13H17N5O. The second-order valence-corrected chi connectivity index (χ2v) is 4.93. The van der Waals surface area contributed by atoms with Crippen LogP contribution in [-0.4, -0.2) is 25.9 Å². The van der Waals surface area contributed by atoms with Crippen LogP contribution in [0.15, 0.2) is 17.2 Å². The predicted molar refractivity (Wildman–Crippen MR) is 71.0 cm³/mol. The number of fused-ring (bicyclic) bond motifs is 1. The summed E-state index contributed by atoms with van der Waals surface area (Å²) in [7, 11) is 1.89. The Morgan fingerprint density at radius 3 is 3.05 bits per heavy atom. The summed E-state index contributed by atoms with van der Waals surface area (Å²) in [5.41, 5.74) is 3.77. The van der Waals surface area contributed by atoms with Gasteiger partial charge < -0.3 is 5.32 Å². The molecule has 0 saturated carbocycles. The fraction of sp³-hybridized carbons (Fsp3) is 0.462. The first-order valence-corrected chi connectivity index (χ1v) is 6.42. The maximum absolute atomic E-state index is 12.4. The standard InChI is InChI=1S/C13H17N5O/c1-9-5-10(17(2)16-9)7-18-8-15-12-6-14-4-3-11(12)13(18)19/h5,8,14H,3-4,6-7H2,1-2H3. The average molecular weight is 259 g/mol. The number of hydrogen-bond acceptors (Lipinski definition) is 4. The molecule has 3 heterocycles. The van der Waals surface area contributed by atoms with E-state index in [0.717, 1.165) is 35.6 Å². The Labute approximate surface area is 111 Å². The molecule has 0 bridgehead atoms. The first-order chi connectivity index (χ1) is 9.15. The lowest BCUT2D eigenvalue weighted by molar-refractivity contribution is 0.585. The van der Waals surface area contributed by atoms with Crippen LogP contribution in [0, 0.1) is 6.92 Å². The Balaban J connectivity index is 1.98. The van der Waals surface area contributed by atoms with Gasteiger partial charge in [0.2, 0.25) is 0 Å². The van der Waals surface area contributed by atoms with Crippen LogP contribution in [0.2, 0.25) is 0 Å². The zero-order valence-electron chi connectivity index (χ0n) is 11.2. The Morgan fingerprint density at radius 1 is 1.47 bits per heavy atom. The van der Waals surface area contributed by atoms with Crippen LogP contribution < -0.4 is 10.9 Å². The molecule has 2 aromatic heterocycles. The number of aromatic nitrogens is 4. The van der Waals surface area contributed by atoms with Crippen molar-refractivity contribution < 1.29 is 0 Å². The Hall–Kier alpha value is -1.95. The fourth-order valence-corrected chi connectivity index (χ4v) is 2.49. The molecule has 1 N–H and O–H groups in total. The maximum Gasteiger partial charge on any atom is 0.257 e. The van der Waals surface area contributed by atoms with Gasteiger partial charge >= 0.3 is 0 Å². The predicted octanol–water partition coefficient (Wildman–Crippen LogP) is -0.0208. The van der Waals surface area contributed by atoms with E-state index in [-0.39, 0.29) is 5.56 Å². The van der Waals surface area contributed by atoms with Crippen LogP contribution in [0.3, 0.4) is 0 Å². The highest BCUT2D eigenvalue weighted by atomic mass is 16.1. The smallest absolute Gasteiger partial charge is 0.257 e. The van der Waals surface area contributed by atoms with Crippen LogP contribution in [0.4, 0.5) is 0 Å². The molecule has 0 fully saturated rings. The number of nitrogens with one attached hydrogen (secondary N) is 1. The molecule has 0 radical (unpaired) electrons. The van der Waals surface area contributed by atoms with Crippen molar-refractivity contribution in [3.8, 4) is 0 Å². The summed E-state index contributed by atoms with van der Waals surface area (Å²) in [4.78, 5) is 16.8. The highest BCUT2D eigenvalue weighted by molar-refractivity contribution is 5.20. The molecule has 0 unspecified atom stereocenters. The quantitative estimate of drug-likeness (QED) is 0.823. The summed E-state index contributed by atoms with van der Waals surface area (Å²) in [6.07, 6.45) is 2.39. The fourth-order valence-electron chi connectivity index (χ4n) is 2.49. The molecule has 19 heavy (non-hydrogen) atoms. The summed E-state index contributed by atoms with van der Waals surface area (Å²) in [5, 5.41) is 7.52. The Kier molecular flexibility index (Phi) is 2.94. The Morgan fingerprint density at radius 2 is 2.32 bits per heavy atom. The van der Waals surface area contributed by atoms with Crippen LogP contribution in [0.1, 0.15) is 22.6 Å². The number of aryl methyl sites for hydroxylation is 2. The lowest BCUT2D eigenvalue weighted by Gasteiger charge is -2.16. The van der Waals surface area contributed by atoms with Gasteiger partial charge in [0.05, 0.1) is 30.0 Å². The zero-order valence-corrected chi connectivity index (χ0v) is 11.2. The van der Waals surface area contributed by atoms with Crippen LogP contribution >= 0.6 is 0 Å². The molecule has 0 aromatic carbocycles. The summed E-state index contributed by atoms with van der Waals surface area (Å²) in [6.45, 7) is 4.00. The van der Waals surface area contributed by atoms with Gasteiger partial charge in [0, 0.05) is 19.2 Å². The monoisotopic (exact) mass is 259 g/mol. The van der Waals surface area contributed by atoms with Gasteiger partial charge in [0.15, 0.2) is 0 Å². The summed E-state index contributed by atoms with van der Waals surface area (Å²) < 4.78 is 3.48. The van der Waals surface area contributed by atoms with Crippen LogP contribution in [0.5, 0.6) is 0 Å². The van der Waals surface area contributed by atoms with E-state index in [2.05, 4.69) is 15.4 Å². The lowest BCUT2D eigenvalue weighted by atomic mass is 10.1. The molecule has 0 aliphatic carbocycles. The highest BCUT2D eigenvalue weighted by Crippen LogP contribution is 2.07. The van der Waals surface area contributed by atoms with Crippen molar-refractivity contribution >= 4 is 0 Å². The minimum atomic E-state index is 0.0744. The van der Waals surface area contributed by atoms with Gasteiger partial charge in [-0.15, -0.1) is 0 Å². The van der Waals surface area contributed by atoms with E-state index in [0.29, 0.717) is 13.1 Å². The maximum atomic E-state index is 12.4. The second kappa shape index (κ2) is 4.62. The van der Waals surface area contributed by atoms with E-state index < -0.39 is 0 Å². The number of nitrogens with zero attached hydrogens (tertiary/aromatic N) is 4. The third-order valence-corrected chi connectivity index (χ3v) is 3.50. The third-order valence-electron chi connectivity index (χ3n) is 3.50. The largest absolute Gasteiger partial charge is 0.311 e. The summed E-state index contributed by atoms with van der Waals surface area (Å²) in [6, 6.07) is 1.99. The molecule has 100 valence electrons. The first-order valence-electron chi connectivity index (χ1n) is 6.42. The summed E-state index contributed by atoms with van der Waals surface area (Å²) >= 11 is 0. The minimum Gasteiger partial charge on any atom is -0.311 e. The van der Waals surface area contributed by atoms with Gasteiger partial charge in [-0.05, 0) is 26.0 Å². The summed E-state index contributed by atoms with van der Waals surface area (Å²) in [5.74, 6) is 0. The van der Waals surface area contributed by atoms with Crippen LogP contribution in [-0.2, 0) is 26.6 Å². The van der Waals surface area contributed by atoms with E-state index in [1.165, 1.54) is 0 Å². The topological polar surface area (TPSA) is 64.7 Å². The van der Waals surface area contributed by atoms with Gasteiger partial charge in [0.25, 0.3) is 5.56 Å². The Bertz CT molecular complexity index is 670. The van der Waals surface area contributed by atoms with Gasteiger partial charge in [-0.3, -0.25) is 14.0 Å².